The minimum absolute atomic E-state index is 0.326. The van der Waals surface area contributed by atoms with E-state index in [-0.39, 0.29) is 5.97 Å². The van der Waals surface area contributed by atoms with Crippen molar-refractivity contribution in [3.05, 3.63) is 42.7 Å². The van der Waals surface area contributed by atoms with Crippen LogP contribution in [-0.2, 0) is 4.79 Å². The molecule has 0 spiro atoms. The van der Waals surface area contributed by atoms with Gasteiger partial charge in [0, 0.05) is 25.4 Å². The maximum Gasteiger partial charge on any atom is 0.308 e. The molecule has 0 aliphatic carbocycles. The number of nitrogens with zero attached hydrogens (tertiary/aromatic N) is 2. The largest absolute Gasteiger partial charge is 0.427 e. The molecule has 15 heavy (non-hydrogen) atoms. The summed E-state index contributed by atoms with van der Waals surface area (Å²) in [5, 5.41) is 4.08. The van der Waals surface area contributed by atoms with Crippen molar-refractivity contribution in [1.82, 2.24) is 9.78 Å². The zero-order valence-electron chi connectivity index (χ0n) is 8.25. The molecule has 0 N–H and O–H groups in total. The van der Waals surface area contributed by atoms with Gasteiger partial charge in [0.25, 0.3) is 0 Å². The summed E-state index contributed by atoms with van der Waals surface area (Å²) in [6.45, 7) is 1.38. The van der Waals surface area contributed by atoms with Gasteiger partial charge in [0.15, 0.2) is 0 Å². The summed E-state index contributed by atoms with van der Waals surface area (Å²) in [4.78, 5) is 10.8. The highest BCUT2D eigenvalue weighted by Gasteiger charge is 2.00. The van der Waals surface area contributed by atoms with Crippen LogP contribution >= 0.6 is 0 Å². The maximum atomic E-state index is 10.8. The normalized spacial score (nSPS) is 9.93. The zero-order valence-corrected chi connectivity index (χ0v) is 8.25. The van der Waals surface area contributed by atoms with Crippen LogP contribution in [0, 0.1) is 0 Å². The Morgan fingerprint density at radius 3 is 2.93 bits per heavy atom. The van der Waals surface area contributed by atoms with E-state index in [1.54, 1.807) is 23.0 Å². The van der Waals surface area contributed by atoms with Crippen LogP contribution in [0.15, 0.2) is 42.7 Å². The van der Waals surface area contributed by atoms with E-state index in [0.29, 0.717) is 5.75 Å². The fourth-order valence-corrected chi connectivity index (χ4v) is 1.28. The molecule has 1 aromatic carbocycles. The Kier molecular flexibility index (Phi) is 2.49. The van der Waals surface area contributed by atoms with Crippen molar-refractivity contribution in [2.45, 2.75) is 6.92 Å². The van der Waals surface area contributed by atoms with Crippen LogP contribution in [0.3, 0.4) is 0 Å². The Morgan fingerprint density at radius 2 is 2.27 bits per heavy atom. The monoisotopic (exact) mass is 202 g/mol. The lowest BCUT2D eigenvalue weighted by atomic mass is 10.3. The number of carbonyl (C=O) groups excluding carboxylic acids is 1. The first kappa shape index (κ1) is 9.45. The van der Waals surface area contributed by atoms with Gasteiger partial charge in [-0.2, -0.15) is 5.10 Å². The van der Waals surface area contributed by atoms with E-state index in [2.05, 4.69) is 5.10 Å². The van der Waals surface area contributed by atoms with Crippen LogP contribution in [0.5, 0.6) is 5.75 Å². The summed E-state index contributed by atoms with van der Waals surface area (Å²) >= 11 is 0. The van der Waals surface area contributed by atoms with Crippen molar-refractivity contribution in [2.24, 2.45) is 0 Å². The Bertz CT molecular complexity index is 463. The van der Waals surface area contributed by atoms with Crippen molar-refractivity contribution in [3.8, 4) is 11.4 Å². The summed E-state index contributed by atoms with van der Waals surface area (Å²) in [5.41, 5.74) is 0.860. The lowest BCUT2D eigenvalue weighted by molar-refractivity contribution is -0.131. The maximum absolute atomic E-state index is 10.8. The van der Waals surface area contributed by atoms with Gasteiger partial charge in [0.1, 0.15) is 5.75 Å². The molecule has 2 aromatic rings. The fraction of sp³-hybridized carbons (Fsp3) is 0.0909. The highest BCUT2D eigenvalue weighted by molar-refractivity contribution is 5.69. The van der Waals surface area contributed by atoms with E-state index in [1.807, 2.05) is 24.4 Å². The fourth-order valence-electron chi connectivity index (χ4n) is 1.28. The average Bonchev–Trinajstić information content (AvgIpc) is 2.69. The Morgan fingerprint density at radius 1 is 1.40 bits per heavy atom. The summed E-state index contributed by atoms with van der Waals surface area (Å²) in [7, 11) is 0. The second-order valence-electron chi connectivity index (χ2n) is 3.04. The molecule has 0 atom stereocenters. The molecule has 0 aliphatic heterocycles. The molecule has 0 aliphatic rings. The Balaban J connectivity index is 2.31. The predicted octanol–water partition coefficient (Wildman–Crippen LogP) is 1.80. The number of rotatable bonds is 2. The molecule has 0 radical (unpaired) electrons. The third-order valence-electron chi connectivity index (χ3n) is 1.85. The first-order valence-corrected chi connectivity index (χ1v) is 4.54. The molecule has 0 amide bonds. The molecule has 0 saturated heterocycles. The van der Waals surface area contributed by atoms with E-state index in [9.17, 15) is 4.79 Å². The van der Waals surface area contributed by atoms with Gasteiger partial charge in [-0.15, -0.1) is 0 Å². The number of benzene rings is 1. The third-order valence-corrected chi connectivity index (χ3v) is 1.85. The molecule has 1 heterocycles. The van der Waals surface area contributed by atoms with E-state index >= 15 is 0 Å². The van der Waals surface area contributed by atoms with Crippen LogP contribution in [0.25, 0.3) is 5.69 Å². The van der Waals surface area contributed by atoms with E-state index in [0.717, 1.165) is 5.69 Å². The first-order chi connectivity index (χ1) is 7.25. The van der Waals surface area contributed by atoms with Crippen molar-refractivity contribution in [3.63, 3.8) is 0 Å². The number of hydrogen-bond acceptors (Lipinski definition) is 3. The molecular weight excluding hydrogens is 192 g/mol. The predicted molar refractivity (Wildman–Crippen MR) is 54.9 cm³/mol. The van der Waals surface area contributed by atoms with Gasteiger partial charge in [-0.05, 0) is 18.2 Å². The van der Waals surface area contributed by atoms with Crippen molar-refractivity contribution >= 4 is 5.97 Å². The summed E-state index contributed by atoms with van der Waals surface area (Å²) in [5.74, 6) is 0.197. The molecule has 76 valence electrons. The van der Waals surface area contributed by atoms with Gasteiger partial charge in [0.05, 0.1) is 5.69 Å². The van der Waals surface area contributed by atoms with Crippen molar-refractivity contribution in [2.75, 3.05) is 0 Å². The smallest absolute Gasteiger partial charge is 0.308 e. The minimum Gasteiger partial charge on any atom is -0.427 e. The van der Waals surface area contributed by atoms with Gasteiger partial charge < -0.3 is 4.74 Å². The zero-order chi connectivity index (χ0) is 10.7. The van der Waals surface area contributed by atoms with Crippen LogP contribution in [-0.4, -0.2) is 15.7 Å². The lowest BCUT2D eigenvalue weighted by Gasteiger charge is -2.04. The number of aromatic nitrogens is 2. The molecule has 4 nitrogen and oxygen atoms in total. The van der Waals surface area contributed by atoms with Crippen molar-refractivity contribution in [1.29, 1.82) is 0 Å². The number of carbonyl (C=O) groups is 1. The quantitative estimate of drug-likeness (QED) is 0.551. The highest BCUT2D eigenvalue weighted by atomic mass is 16.5. The topological polar surface area (TPSA) is 44.1 Å². The standard InChI is InChI=1S/C11H10N2O2/c1-9(14)15-11-5-2-4-10(8-11)13-7-3-6-12-13/h2-8H,1H3. The van der Waals surface area contributed by atoms with Gasteiger partial charge in [0.2, 0.25) is 0 Å². The van der Waals surface area contributed by atoms with Crippen LogP contribution in [0.2, 0.25) is 0 Å². The molecule has 0 unspecified atom stereocenters. The summed E-state index contributed by atoms with van der Waals surface area (Å²) in [6, 6.07) is 9.02. The van der Waals surface area contributed by atoms with Crippen LogP contribution in [0.4, 0.5) is 0 Å². The minimum atomic E-state index is -0.326. The number of ether oxygens (including phenoxy) is 1. The Hall–Kier alpha value is -2.10. The second kappa shape index (κ2) is 3.96. The average molecular weight is 202 g/mol. The molecule has 1 aromatic heterocycles. The SMILES string of the molecule is CC(=O)Oc1cccc(-n2cccn2)c1. The van der Waals surface area contributed by atoms with Crippen LogP contribution in [0.1, 0.15) is 6.92 Å². The molecular formula is C11H10N2O2. The first-order valence-electron chi connectivity index (χ1n) is 4.54. The number of hydrogen-bond donors (Lipinski definition) is 0. The molecule has 2 rings (SSSR count). The highest BCUT2D eigenvalue weighted by Crippen LogP contribution is 2.15. The van der Waals surface area contributed by atoms with Gasteiger partial charge in [-0.25, -0.2) is 4.68 Å². The van der Waals surface area contributed by atoms with Crippen molar-refractivity contribution < 1.29 is 9.53 Å². The molecule has 0 bridgehead atoms. The third kappa shape index (κ3) is 2.22. The molecule has 0 fully saturated rings. The van der Waals surface area contributed by atoms with E-state index in [4.69, 9.17) is 4.74 Å². The lowest BCUT2D eigenvalue weighted by Crippen LogP contribution is -2.02. The van der Waals surface area contributed by atoms with Crippen LogP contribution < -0.4 is 4.74 Å². The van der Waals surface area contributed by atoms with Gasteiger partial charge in [-0.1, -0.05) is 6.07 Å². The Labute approximate surface area is 87.1 Å². The van der Waals surface area contributed by atoms with E-state index < -0.39 is 0 Å². The van der Waals surface area contributed by atoms with E-state index in [1.165, 1.54) is 6.92 Å². The van der Waals surface area contributed by atoms with Gasteiger partial charge >= 0.3 is 5.97 Å². The number of esters is 1. The second-order valence-corrected chi connectivity index (χ2v) is 3.04. The molecule has 0 saturated carbocycles. The summed E-state index contributed by atoms with van der Waals surface area (Å²) in [6.07, 6.45) is 3.52. The van der Waals surface area contributed by atoms with Gasteiger partial charge in [-0.3, -0.25) is 4.79 Å². The summed E-state index contributed by atoms with van der Waals surface area (Å²) < 4.78 is 6.67. The molecule has 4 heteroatoms.